The SMILES string of the molecule is COCC1(CNC(=O)COc2ccc(C)cc2OC)CCNCC1.Cl. The third-order valence-electron chi connectivity index (χ3n) is 4.45. The molecule has 0 bridgehead atoms. The van der Waals surface area contributed by atoms with E-state index >= 15 is 0 Å². The zero-order chi connectivity index (χ0) is 17.4. The predicted molar refractivity (Wildman–Crippen MR) is 99.9 cm³/mol. The molecule has 142 valence electrons. The first kappa shape index (κ1) is 21.5. The number of halogens is 1. The fourth-order valence-corrected chi connectivity index (χ4v) is 3.01. The molecule has 0 aliphatic carbocycles. The van der Waals surface area contributed by atoms with Gasteiger partial charge < -0.3 is 24.8 Å². The number of piperidine rings is 1. The number of amides is 1. The summed E-state index contributed by atoms with van der Waals surface area (Å²) >= 11 is 0. The van der Waals surface area contributed by atoms with Crippen LogP contribution in [0.2, 0.25) is 0 Å². The Morgan fingerprint density at radius 1 is 1.24 bits per heavy atom. The Kier molecular flexibility index (Phi) is 9.03. The van der Waals surface area contributed by atoms with Crippen LogP contribution >= 0.6 is 12.4 Å². The number of hydrogen-bond acceptors (Lipinski definition) is 5. The maximum atomic E-state index is 12.1. The summed E-state index contributed by atoms with van der Waals surface area (Å²) in [6, 6.07) is 5.63. The van der Waals surface area contributed by atoms with Crippen molar-refractivity contribution in [3.8, 4) is 11.5 Å². The topological polar surface area (TPSA) is 68.8 Å². The highest BCUT2D eigenvalue weighted by molar-refractivity contribution is 5.85. The van der Waals surface area contributed by atoms with Gasteiger partial charge in [0.05, 0.1) is 13.7 Å². The van der Waals surface area contributed by atoms with E-state index in [1.807, 2.05) is 25.1 Å². The lowest BCUT2D eigenvalue weighted by Gasteiger charge is -2.37. The minimum atomic E-state index is -0.133. The number of nitrogens with one attached hydrogen (secondary N) is 2. The van der Waals surface area contributed by atoms with Crippen molar-refractivity contribution >= 4 is 18.3 Å². The summed E-state index contributed by atoms with van der Waals surface area (Å²) in [4.78, 5) is 12.1. The summed E-state index contributed by atoms with van der Waals surface area (Å²) < 4.78 is 16.2. The third-order valence-corrected chi connectivity index (χ3v) is 4.45. The largest absolute Gasteiger partial charge is 0.493 e. The van der Waals surface area contributed by atoms with Crippen LogP contribution in [0.1, 0.15) is 18.4 Å². The molecule has 0 spiro atoms. The molecule has 1 aliphatic heterocycles. The molecule has 1 aliphatic rings. The molecule has 1 fully saturated rings. The Morgan fingerprint density at radius 3 is 2.60 bits per heavy atom. The molecule has 0 atom stereocenters. The van der Waals surface area contributed by atoms with Crippen molar-refractivity contribution in [1.29, 1.82) is 0 Å². The number of ether oxygens (including phenoxy) is 3. The molecule has 6 nitrogen and oxygen atoms in total. The van der Waals surface area contributed by atoms with Crippen molar-refractivity contribution in [1.82, 2.24) is 10.6 Å². The molecule has 1 saturated heterocycles. The molecule has 2 rings (SSSR count). The van der Waals surface area contributed by atoms with Crippen LogP contribution in [-0.4, -0.2) is 53.0 Å². The van der Waals surface area contributed by atoms with Crippen LogP contribution in [0.5, 0.6) is 11.5 Å². The van der Waals surface area contributed by atoms with Crippen LogP contribution in [0.3, 0.4) is 0 Å². The highest BCUT2D eigenvalue weighted by Crippen LogP contribution is 2.29. The van der Waals surface area contributed by atoms with Crippen molar-refractivity contribution in [3.05, 3.63) is 23.8 Å². The second kappa shape index (κ2) is 10.5. The molecule has 1 aromatic rings. The second-order valence-electron chi connectivity index (χ2n) is 6.40. The maximum Gasteiger partial charge on any atom is 0.257 e. The van der Waals surface area contributed by atoms with Crippen molar-refractivity contribution < 1.29 is 19.0 Å². The van der Waals surface area contributed by atoms with Crippen LogP contribution in [0, 0.1) is 12.3 Å². The number of carbonyl (C=O) groups excluding carboxylic acids is 1. The lowest BCUT2D eigenvalue weighted by molar-refractivity contribution is -0.124. The maximum absolute atomic E-state index is 12.1. The summed E-state index contributed by atoms with van der Waals surface area (Å²) in [7, 11) is 3.30. The summed E-state index contributed by atoms with van der Waals surface area (Å²) in [6.45, 7) is 5.12. The quantitative estimate of drug-likeness (QED) is 0.729. The Bertz CT molecular complexity index is 542. The highest BCUT2D eigenvalue weighted by Gasteiger charge is 2.32. The minimum absolute atomic E-state index is 0. The highest BCUT2D eigenvalue weighted by atomic mass is 35.5. The van der Waals surface area contributed by atoms with Crippen LogP contribution in [-0.2, 0) is 9.53 Å². The molecule has 1 aromatic carbocycles. The van der Waals surface area contributed by atoms with Crippen LogP contribution in [0.25, 0.3) is 0 Å². The van der Waals surface area contributed by atoms with Gasteiger partial charge in [-0.3, -0.25) is 4.79 Å². The first-order valence-electron chi connectivity index (χ1n) is 8.32. The van der Waals surface area contributed by atoms with Gasteiger partial charge in [0.25, 0.3) is 5.91 Å². The molecule has 0 radical (unpaired) electrons. The smallest absolute Gasteiger partial charge is 0.257 e. The number of rotatable bonds is 8. The van der Waals surface area contributed by atoms with E-state index in [0.29, 0.717) is 24.7 Å². The minimum Gasteiger partial charge on any atom is -0.493 e. The van der Waals surface area contributed by atoms with Gasteiger partial charge in [-0.25, -0.2) is 0 Å². The van der Waals surface area contributed by atoms with E-state index < -0.39 is 0 Å². The monoisotopic (exact) mass is 372 g/mol. The zero-order valence-electron chi connectivity index (χ0n) is 15.2. The van der Waals surface area contributed by atoms with E-state index in [0.717, 1.165) is 31.5 Å². The van der Waals surface area contributed by atoms with Gasteiger partial charge in [0.15, 0.2) is 18.1 Å². The molecule has 2 N–H and O–H groups in total. The molecular formula is C18H29ClN2O4. The number of hydrogen-bond donors (Lipinski definition) is 2. The molecule has 0 aromatic heterocycles. The summed E-state index contributed by atoms with van der Waals surface area (Å²) in [5.41, 5.74) is 1.09. The van der Waals surface area contributed by atoms with Crippen LogP contribution in [0.4, 0.5) is 0 Å². The van der Waals surface area contributed by atoms with Crippen molar-refractivity contribution in [2.75, 3.05) is 47.1 Å². The van der Waals surface area contributed by atoms with E-state index in [9.17, 15) is 4.79 Å². The second-order valence-corrected chi connectivity index (χ2v) is 6.40. The Balaban J connectivity index is 0.00000312. The first-order valence-corrected chi connectivity index (χ1v) is 8.32. The Morgan fingerprint density at radius 2 is 1.96 bits per heavy atom. The van der Waals surface area contributed by atoms with Gasteiger partial charge in [0, 0.05) is 19.1 Å². The fourth-order valence-electron chi connectivity index (χ4n) is 3.01. The molecule has 1 heterocycles. The predicted octanol–water partition coefficient (Wildman–Crippen LogP) is 1.94. The van der Waals surface area contributed by atoms with Crippen LogP contribution < -0.4 is 20.1 Å². The molecule has 7 heteroatoms. The average molecular weight is 373 g/mol. The van der Waals surface area contributed by atoms with Gasteiger partial charge in [-0.05, 0) is 50.6 Å². The summed E-state index contributed by atoms with van der Waals surface area (Å²) in [5.74, 6) is 1.08. The van der Waals surface area contributed by atoms with Crippen molar-refractivity contribution in [2.24, 2.45) is 5.41 Å². The fraction of sp³-hybridized carbons (Fsp3) is 0.611. The van der Waals surface area contributed by atoms with Gasteiger partial charge in [-0.2, -0.15) is 0 Å². The molecule has 1 amide bonds. The Hall–Kier alpha value is -1.50. The number of aryl methyl sites for hydroxylation is 1. The summed E-state index contributed by atoms with van der Waals surface area (Å²) in [6.07, 6.45) is 1.99. The molecule has 25 heavy (non-hydrogen) atoms. The lowest BCUT2D eigenvalue weighted by Crippen LogP contribution is -2.47. The average Bonchev–Trinajstić information content (AvgIpc) is 2.60. The van der Waals surface area contributed by atoms with E-state index in [1.165, 1.54) is 0 Å². The van der Waals surface area contributed by atoms with Gasteiger partial charge >= 0.3 is 0 Å². The Labute approximate surface area is 156 Å². The first-order chi connectivity index (χ1) is 11.6. The van der Waals surface area contributed by atoms with Gasteiger partial charge in [0.1, 0.15) is 0 Å². The normalized spacial score (nSPS) is 15.8. The molecule has 0 unspecified atom stereocenters. The molecular weight excluding hydrogens is 344 g/mol. The standard InChI is InChI=1S/C18H28N2O4.ClH/c1-14-4-5-15(16(10-14)23-3)24-11-17(21)20-12-18(13-22-2)6-8-19-9-7-18;/h4-5,10,19H,6-9,11-13H2,1-3H3,(H,20,21);1H. The van der Waals surface area contributed by atoms with Gasteiger partial charge in [-0.1, -0.05) is 6.07 Å². The van der Waals surface area contributed by atoms with Crippen molar-refractivity contribution in [3.63, 3.8) is 0 Å². The van der Waals surface area contributed by atoms with E-state index in [2.05, 4.69) is 10.6 Å². The number of benzene rings is 1. The molecule has 0 saturated carbocycles. The zero-order valence-corrected chi connectivity index (χ0v) is 16.0. The van der Waals surface area contributed by atoms with E-state index in [4.69, 9.17) is 14.2 Å². The lowest BCUT2D eigenvalue weighted by atomic mass is 9.79. The van der Waals surface area contributed by atoms with Crippen LogP contribution in [0.15, 0.2) is 18.2 Å². The summed E-state index contributed by atoms with van der Waals surface area (Å²) in [5, 5.41) is 6.33. The van der Waals surface area contributed by atoms with E-state index in [1.54, 1.807) is 14.2 Å². The van der Waals surface area contributed by atoms with Crippen molar-refractivity contribution in [2.45, 2.75) is 19.8 Å². The third kappa shape index (κ3) is 6.38. The van der Waals surface area contributed by atoms with Gasteiger partial charge in [-0.15, -0.1) is 12.4 Å². The van der Waals surface area contributed by atoms with Gasteiger partial charge in [0.2, 0.25) is 0 Å². The number of methoxy groups -OCH3 is 2. The number of carbonyl (C=O) groups is 1. The van der Waals surface area contributed by atoms with E-state index in [-0.39, 0.29) is 30.3 Å².